The number of allylic oxidation sites excluding steroid dienone is 1. The van der Waals surface area contributed by atoms with E-state index < -0.39 is 0 Å². The Bertz CT molecular complexity index is 9230. The Labute approximate surface area is 742 Å². The summed E-state index contributed by atoms with van der Waals surface area (Å²) in [5.41, 5.74) is 20.4. The molecule has 6 heteroatoms. The van der Waals surface area contributed by atoms with Gasteiger partial charge >= 0.3 is 0 Å². The zero-order chi connectivity index (χ0) is 83.3. The Morgan fingerprint density at radius 3 is 1.16 bits per heavy atom. The van der Waals surface area contributed by atoms with Crippen LogP contribution in [0.25, 0.3) is 266 Å². The fraction of sp³-hybridized carbons (Fsp3) is 0.0248. The number of furan rings is 3. The van der Waals surface area contributed by atoms with Gasteiger partial charge in [-0.1, -0.05) is 279 Å². The summed E-state index contributed by atoms with van der Waals surface area (Å²) in [6.07, 6.45) is 5.55. The topological polar surface area (TPSA) is 39.4 Å². The van der Waals surface area contributed by atoms with Gasteiger partial charge in [0.05, 0.1) is 0 Å². The summed E-state index contributed by atoms with van der Waals surface area (Å²) in [6, 6.07) is 146. The molecule has 0 N–H and O–H groups in total. The van der Waals surface area contributed by atoms with Crippen molar-refractivity contribution in [3.8, 4) is 110 Å². The smallest absolute Gasteiger partial charge is 0.135 e. The highest BCUT2D eigenvalue weighted by Gasteiger charge is 2.34. The molecule has 27 rings (SSSR count). The third kappa shape index (κ3) is 11.5. The van der Waals surface area contributed by atoms with Crippen molar-refractivity contribution in [3.63, 3.8) is 0 Å². The number of hydrogen-bond donors (Lipinski definition) is 0. The summed E-state index contributed by atoms with van der Waals surface area (Å²) in [6.45, 7) is 2.34. The van der Waals surface area contributed by atoms with Gasteiger partial charge < -0.3 is 13.3 Å². The Balaban J connectivity index is 0.460. The van der Waals surface area contributed by atoms with Crippen LogP contribution in [0.15, 0.2) is 414 Å². The van der Waals surface area contributed by atoms with Crippen LogP contribution in [0.5, 0.6) is 0 Å². The van der Waals surface area contributed by atoms with Crippen LogP contribution in [-0.4, -0.2) is 0 Å². The summed E-state index contributed by atoms with van der Waals surface area (Å²) >= 11 is 5.67. The monoisotopic (exact) mass is 1670 g/mol. The van der Waals surface area contributed by atoms with Crippen molar-refractivity contribution < 1.29 is 13.3 Å². The lowest BCUT2D eigenvalue weighted by atomic mass is 9.77. The predicted molar refractivity (Wildman–Crippen MR) is 543 cm³/mol. The maximum Gasteiger partial charge on any atom is 0.135 e. The summed E-state index contributed by atoms with van der Waals surface area (Å²) in [5, 5.41) is 28.5. The van der Waals surface area contributed by atoms with E-state index in [0.717, 1.165) is 68.1 Å². The molecular formula is C121H72O3S3. The molecule has 0 bridgehead atoms. The standard InChI is InChI=1S/C121H72O3S3/c1-121(58-57-117-108(69-121)99-33-16-31-84(120(99)127-117)77-22-14-20-72(60-77)75-36-44-94-101(62-75)89-27-9-5-23-85(89)91-46-38-78(64-103(91)94)109-50-51-110(122-109)80-41-49-113-106(66-80)97-29-11-12-34-112(97)123-113)118-56-52-111(124-118)79-39-47-92-86-24-6-10-28-90(86)102-63-74(37-45-95(102)104(92)65-79)71-19-13-21-76(59-71)83-30-15-32-98-107-68-82(42-53-116(107)126-119(83)98)115-55-54-114(125-115)81-40-48-93-87-25-7-8-26-88(87)100-61-73(70-17-3-2-4-18-70)35-43-96(100)105(93)67-81/h2-68H,69H2,1H3. The maximum atomic E-state index is 7.13. The van der Waals surface area contributed by atoms with E-state index in [1.165, 1.54) is 214 Å². The molecule has 6 aromatic heterocycles. The van der Waals surface area contributed by atoms with E-state index in [2.05, 4.69) is 395 Å². The van der Waals surface area contributed by atoms with Crippen LogP contribution in [0.2, 0.25) is 0 Å². The average Bonchev–Trinajstić information content (AvgIpc) is 1.59. The van der Waals surface area contributed by atoms with E-state index >= 15 is 0 Å². The van der Waals surface area contributed by atoms with Gasteiger partial charge in [0.2, 0.25) is 0 Å². The molecule has 0 saturated heterocycles. The predicted octanol–water partition coefficient (Wildman–Crippen LogP) is 36.0. The third-order valence-electron chi connectivity index (χ3n) is 27.3. The molecule has 0 aliphatic heterocycles. The van der Waals surface area contributed by atoms with Gasteiger partial charge in [0, 0.05) is 72.4 Å². The first-order valence-corrected chi connectivity index (χ1v) is 46.0. The van der Waals surface area contributed by atoms with E-state index in [1.807, 2.05) is 52.2 Å². The lowest BCUT2D eigenvalue weighted by molar-refractivity contribution is 0.422. The van der Waals surface area contributed by atoms with E-state index in [0.29, 0.717) is 0 Å². The highest BCUT2D eigenvalue weighted by atomic mass is 32.1. The van der Waals surface area contributed by atoms with Gasteiger partial charge in [-0.2, -0.15) is 0 Å². The summed E-state index contributed by atoms with van der Waals surface area (Å²) in [7, 11) is 0. The van der Waals surface area contributed by atoms with Crippen molar-refractivity contribution in [2.24, 2.45) is 0 Å². The highest BCUT2D eigenvalue weighted by molar-refractivity contribution is 7.26. The molecule has 592 valence electrons. The molecule has 3 nitrogen and oxygen atoms in total. The lowest BCUT2D eigenvalue weighted by Gasteiger charge is -2.27. The van der Waals surface area contributed by atoms with Crippen LogP contribution in [0.1, 0.15) is 23.1 Å². The fourth-order valence-corrected chi connectivity index (χ4v) is 24.5. The van der Waals surface area contributed by atoms with E-state index in [9.17, 15) is 0 Å². The van der Waals surface area contributed by atoms with Crippen molar-refractivity contribution in [3.05, 3.63) is 417 Å². The number of thiophene rings is 3. The van der Waals surface area contributed by atoms with Crippen LogP contribution < -0.4 is 0 Å². The Morgan fingerprint density at radius 1 is 0.220 bits per heavy atom. The van der Waals surface area contributed by atoms with Gasteiger partial charge in [0.1, 0.15) is 34.2 Å². The minimum Gasteiger partial charge on any atom is -0.460 e. The molecule has 26 aromatic rings. The summed E-state index contributed by atoms with van der Waals surface area (Å²) < 4.78 is 23.9. The second kappa shape index (κ2) is 28.1. The number of hydrogen-bond acceptors (Lipinski definition) is 6. The molecule has 20 aromatic carbocycles. The van der Waals surface area contributed by atoms with Crippen molar-refractivity contribution in [1.29, 1.82) is 0 Å². The number of benzene rings is 20. The second-order valence-corrected chi connectivity index (χ2v) is 37.8. The first-order chi connectivity index (χ1) is 62.7. The largest absolute Gasteiger partial charge is 0.460 e. The van der Waals surface area contributed by atoms with Crippen molar-refractivity contribution in [2.45, 2.75) is 18.8 Å². The molecule has 1 aliphatic rings. The summed E-state index contributed by atoms with van der Waals surface area (Å²) in [5.74, 6) is 3.48. The van der Waals surface area contributed by atoms with Crippen LogP contribution in [0.4, 0.5) is 0 Å². The first-order valence-electron chi connectivity index (χ1n) is 43.6. The van der Waals surface area contributed by atoms with Gasteiger partial charge in [-0.15, -0.1) is 34.0 Å². The highest BCUT2D eigenvalue weighted by Crippen LogP contribution is 2.52. The second-order valence-electron chi connectivity index (χ2n) is 34.6. The Morgan fingerprint density at radius 2 is 0.591 bits per heavy atom. The Kier molecular flexibility index (Phi) is 16.0. The molecular weight excluding hydrogens is 1600 g/mol. The molecule has 0 fully saturated rings. The quantitative estimate of drug-likeness (QED) is 0.121. The lowest BCUT2D eigenvalue weighted by Crippen LogP contribution is -2.23. The van der Waals surface area contributed by atoms with Crippen LogP contribution in [0.3, 0.4) is 0 Å². The maximum absolute atomic E-state index is 7.13. The minimum atomic E-state index is -0.374. The van der Waals surface area contributed by atoms with Crippen molar-refractivity contribution in [2.75, 3.05) is 0 Å². The van der Waals surface area contributed by atoms with Gasteiger partial charge in [0.15, 0.2) is 0 Å². The zero-order valence-corrected chi connectivity index (χ0v) is 71.3. The van der Waals surface area contributed by atoms with Crippen molar-refractivity contribution >= 4 is 189 Å². The number of rotatable bonds is 11. The van der Waals surface area contributed by atoms with Crippen LogP contribution >= 0.6 is 34.0 Å². The van der Waals surface area contributed by atoms with Crippen LogP contribution in [0, 0.1) is 0 Å². The first kappa shape index (κ1) is 72.2. The van der Waals surface area contributed by atoms with E-state index in [1.54, 1.807) is 0 Å². The molecule has 6 heterocycles. The van der Waals surface area contributed by atoms with Gasteiger partial charge in [-0.3, -0.25) is 0 Å². The van der Waals surface area contributed by atoms with Gasteiger partial charge in [0.25, 0.3) is 0 Å². The van der Waals surface area contributed by atoms with E-state index in [-0.39, 0.29) is 5.41 Å². The molecule has 127 heavy (non-hydrogen) atoms. The van der Waals surface area contributed by atoms with Crippen LogP contribution in [-0.2, 0) is 11.8 Å². The third-order valence-corrected chi connectivity index (χ3v) is 31.0. The molecule has 0 radical (unpaired) electrons. The van der Waals surface area contributed by atoms with E-state index in [4.69, 9.17) is 13.3 Å². The molecule has 1 aliphatic carbocycles. The molecule has 1 atom stereocenters. The zero-order valence-electron chi connectivity index (χ0n) is 68.8. The minimum absolute atomic E-state index is 0.374. The fourth-order valence-electron chi connectivity index (χ4n) is 21.0. The molecule has 0 amide bonds. The molecule has 0 saturated carbocycles. The SMILES string of the molecule is CC1(c2ccc(-c3ccc4c5ccccc5c5cc(-c6cccc(-c7cccc8c7sc7ccc(-c9ccc(-c%10ccc%11c%12ccccc%12c%12cc(-c%13ccccc%13)ccc%12c%11c%10)s9)cc78)c6)ccc5c4c3)o2)C=Cc2sc3c(-c4cccc(-c5ccc6c(c5)c5ccccc5c5ccc(-c7ccc(-c8ccc9oc%10ccccc%10c9c8)o7)cc56)c4)cccc3c2C1. The van der Waals surface area contributed by atoms with Crippen molar-refractivity contribution in [1.82, 2.24) is 0 Å². The number of para-hydroxylation sites is 1. The van der Waals surface area contributed by atoms with Gasteiger partial charge in [-0.25, -0.2) is 0 Å². The molecule has 1 unspecified atom stereocenters. The Hall–Kier alpha value is -15.3. The average molecular weight is 1670 g/mol. The van der Waals surface area contributed by atoms with Gasteiger partial charge in [-0.05, 0) is 315 Å². The summed E-state index contributed by atoms with van der Waals surface area (Å²) in [4.78, 5) is 3.83. The normalized spacial score (nSPS) is 13.7. The molecule has 0 spiro atoms. The number of fused-ring (bicyclic) bond motifs is 27.